The number of fused-ring (bicyclic) bond motifs is 1. The van der Waals surface area contributed by atoms with Crippen LogP contribution in [0.25, 0.3) is 0 Å². The van der Waals surface area contributed by atoms with E-state index in [9.17, 15) is 4.79 Å². The molecule has 1 heterocycles. The summed E-state index contributed by atoms with van der Waals surface area (Å²) in [6, 6.07) is 0. The van der Waals surface area contributed by atoms with Gasteiger partial charge in [-0.3, -0.25) is 4.79 Å². The average Bonchev–Trinajstić information content (AvgIpc) is 2.17. The van der Waals surface area contributed by atoms with Gasteiger partial charge < -0.3 is 9.64 Å². The molecule has 0 bridgehead atoms. The van der Waals surface area contributed by atoms with Gasteiger partial charge >= 0.3 is 5.97 Å². The van der Waals surface area contributed by atoms with Crippen molar-refractivity contribution in [1.82, 2.24) is 4.90 Å². The van der Waals surface area contributed by atoms with Gasteiger partial charge in [-0.1, -0.05) is 6.42 Å². The first kappa shape index (κ1) is 10.9. The van der Waals surface area contributed by atoms with E-state index in [1.165, 1.54) is 19.3 Å². The number of nitrogens with zero attached hydrogens (tertiary/aromatic N) is 1. The van der Waals surface area contributed by atoms with Crippen molar-refractivity contribution in [3.8, 4) is 0 Å². The number of ether oxygens (including phenoxy) is 1. The predicted octanol–water partition coefficient (Wildman–Crippen LogP) is 1.81. The van der Waals surface area contributed by atoms with E-state index in [0.29, 0.717) is 5.92 Å². The van der Waals surface area contributed by atoms with Crippen LogP contribution in [-0.4, -0.2) is 36.6 Å². The number of hydrogen-bond donors (Lipinski definition) is 0. The second-order valence-electron chi connectivity index (χ2n) is 5.11. The van der Waals surface area contributed by atoms with E-state index in [0.717, 1.165) is 25.9 Å². The Hall–Kier alpha value is -0.570. The molecule has 0 radical (unpaired) electrons. The lowest BCUT2D eigenvalue weighted by molar-refractivity contribution is -0.176. The summed E-state index contributed by atoms with van der Waals surface area (Å²) in [6.07, 6.45) is 5.82. The van der Waals surface area contributed by atoms with Gasteiger partial charge in [-0.25, -0.2) is 0 Å². The molecular formula is C12H21NO2. The summed E-state index contributed by atoms with van der Waals surface area (Å²) in [5, 5.41) is 0. The molecule has 1 saturated carbocycles. The maximum Gasteiger partial charge on any atom is 0.303 e. The maximum absolute atomic E-state index is 11.2. The standard InChI is InChI=1S/C12H21NO2/c1-10(14)15-12-6-4-3-5-11(12)9-13(2)8-7-12/h11H,3-9H2,1-2H3/t11-,12-/m0/s1. The van der Waals surface area contributed by atoms with Gasteiger partial charge in [-0.15, -0.1) is 0 Å². The first-order valence-electron chi connectivity index (χ1n) is 6.00. The molecule has 1 saturated heterocycles. The quantitative estimate of drug-likeness (QED) is 0.620. The molecule has 2 fully saturated rings. The molecule has 1 aliphatic heterocycles. The lowest BCUT2D eigenvalue weighted by Crippen LogP contribution is -2.54. The van der Waals surface area contributed by atoms with Crippen molar-refractivity contribution >= 4 is 5.97 Å². The van der Waals surface area contributed by atoms with Crippen LogP contribution < -0.4 is 0 Å². The molecule has 1 aliphatic carbocycles. The zero-order valence-corrected chi connectivity index (χ0v) is 9.79. The molecule has 2 aliphatic rings. The molecule has 2 rings (SSSR count). The molecule has 0 N–H and O–H groups in total. The Morgan fingerprint density at radius 2 is 2.20 bits per heavy atom. The van der Waals surface area contributed by atoms with Gasteiger partial charge in [-0.05, 0) is 26.3 Å². The summed E-state index contributed by atoms with van der Waals surface area (Å²) in [6.45, 7) is 3.69. The summed E-state index contributed by atoms with van der Waals surface area (Å²) in [5.74, 6) is 0.459. The van der Waals surface area contributed by atoms with Crippen LogP contribution in [0.1, 0.15) is 39.0 Å². The van der Waals surface area contributed by atoms with Crippen LogP contribution in [0, 0.1) is 5.92 Å². The van der Waals surface area contributed by atoms with E-state index in [2.05, 4.69) is 11.9 Å². The van der Waals surface area contributed by atoms with Gasteiger partial charge in [-0.2, -0.15) is 0 Å². The smallest absolute Gasteiger partial charge is 0.303 e. The SMILES string of the molecule is CC(=O)O[C@]12CCCC[C@H]1CN(C)CC2. The summed E-state index contributed by atoms with van der Waals surface area (Å²) in [4.78, 5) is 13.6. The van der Waals surface area contributed by atoms with Gasteiger partial charge in [0.1, 0.15) is 5.60 Å². The maximum atomic E-state index is 11.2. The van der Waals surface area contributed by atoms with Crippen molar-refractivity contribution in [3.63, 3.8) is 0 Å². The van der Waals surface area contributed by atoms with E-state index < -0.39 is 0 Å². The Bertz CT molecular complexity index is 254. The first-order chi connectivity index (χ1) is 7.12. The Morgan fingerprint density at radius 3 is 2.93 bits per heavy atom. The lowest BCUT2D eigenvalue weighted by atomic mass is 9.71. The van der Waals surface area contributed by atoms with Gasteiger partial charge in [0.25, 0.3) is 0 Å². The van der Waals surface area contributed by atoms with Crippen LogP contribution in [0.3, 0.4) is 0 Å². The van der Waals surface area contributed by atoms with E-state index in [1.54, 1.807) is 6.92 Å². The third kappa shape index (κ3) is 2.17. The van der Waals surface area contributed by atoms with E-state index >= 15 is 0 Å². The van der Waals surface area contributed by atoms with E-state index in [1.807, 2.05) is 0 Å². The number of piperidine rings is 1. The molecule has 0 unspecified atom stereocenters. The van der Waals surface area contributed by atoms with Crippen molar-refractivity contribution in [3.05, 3.63) is 0 Å². The molecule has 0 aromatic heterocycles. The highest BCUT2D eigenvalue weighted by molar-refractivity contribution is 5.66. The van der Waals surface area contributed by atoms with Gasteiger partial charge in [0.15, 0.2) is 0 Å². The Labute approximate surface area is 91.8 Å². The summed E-state index contributed by atoms with van der Waals surface area (Å²) in [5.41, 5.74) is -0.114. The number of likely N-dealkylation sites (tertiary alicyclic amines) is 1. The molecule has 15 heavy (non-hydrogen) atoms. The normalized spacial score (nSPS) is 37.1. The minimum Gasteiger partial charge on any atom is -0.459 e. The van der Waals surface area contributed by atoms with Crippen molar-refractivity contribution in [1.29, 1.82) is 0 Å². The number of esters is 1. The molecule has 0 spiro atoms. The zero-order chi connectivity index (χ0) is 10.9. The van der Waals surface area contributed by atoms with Gasteiger partial charge in [0.2, 0.25) is 0 Å². The summed E-state index contributed by atoms with van der Waals surface area (Å²) >= 11 is 0. The fraction of sp³-hybridized carbons (Fsp3) is 0.917. The molecule has 0 aromatic rings. The summed E-state index contributed by atoms with van der Waals surface area (Å²) in [7, 11) is 2.16. The van der Waals surface area contributed by atoms with Crippen LogP contribution in [0.15, 0.2) is 0 Å². The predicted molar refractivity (Wildman–Crippen MR) is 58.6 cm³/mol. The average molecular weight is 211 g/mol. The third-order valence-corrected chi connectivity index (χ3v) is 3.94. The zero-order valence-electron chi connectivity index (χ0n) is 9.79. The molecule has 2 atom stereocenters. The largest absolute Gasteiger partial charge is 0.459 e. The van der Waals surface area contributed by atoms with Crippen LogP contribution >= 0.6 is 0 Å². The highest BCUT2D eigenvalue weighted by Crippen LogP contribution is 2.42. The molecular weight excluding hydrogens is 190 g/mol. The fourth-order valence-electron chi connectivity index (χ4n) is 3.19. The van der Waals surface area contributed by atoms with E-state index in [4.69, 9.17) is 4.74 Å². The van der Waals surface area contributed by atoms with Crippen molar-refractivity contribution in [2.45, 2.75) is 44.6 Å². The minimum absolute atomic E-state index is 0.105. The Balaban J connectivity index is 2.12. The molecule has 3 heteroatoms. The topological polar surface area (TPSA) is 29.5 Å². The molecule has 86 valence electrons. The number of hydrogen-bond acceptors (Lipinski definition) is 3. The highest BCUT2D eigenvalue weighted by Gasteiger charge is 2.46. The first-order valence-corrected chi connectivity index (χ1v) is 6.00. The van der Waals surface area contributed by atoms with Crippen molar-refractivity contribution < 1.29 is 9.53 Å². The van der Waals surface area contributed by atoms with Gasteiger partial charge in [0.05, 0.1) is 0 Å². The van der Waals surface area contributed by atoms with Crippen LogP contribution in [-0.2, 0) is 9.53 Å². The number of carbonyl (C=O) groups excluding carboxylic acids is 1. The van der Waals surface area contributed by atoms with Crippen LogP contribution in [0.5, 0.6) is 0 Å². The monoisotopic (exact) mass is 211 g/mol. The van der Waals surface area contributed by atoms with Crippen LogP contribution in [0.4, 0.5) is 0 Å². The third-order valence-electron chi connectivity index (χ3n) is 3.94. The van der Waals surface area contributed by atoms with Crippen molar-refractivity contribution in [2.75, 3.05) is 20.1 Å². The van der Waals surface area contributed by atoms with Crippen LogP contribution in [0.2, 0.25) is 0 Å². The Morgan fingerprint density at radius 1 is 1.40 bits per heavy atom. The number of carbonyl (C=O) groups is 1. The Kier molecular flexibility index (Phi) is 3.01. The minimum atomic E-state index is -0.114. The second kappa shape index (κ2) is 4.12. The molecule has 3 nitrogen and oxygen atoms in total. The second-order valence-corrected chi connectivity index (χ2v) is 5.11. The number of rotatable bonds is 1. The fourth-order valence-corrected chi connectivity index (χ4v) is 3.19. The molecule has 0 aromatic carbocycles. The van der Waals surface area contributed by atoms with Gasteiger partial charge in [0, 0.05) is 32.4 Å². The van der Waals surface area contributed by atoms with E-state index in [-0.39, 0.29) is 11.6 Å². The highest BCUT2D eigenvalue weighted by atomic mass is 16.6. The molecule has 0 amide bonds. The van der Waals surface area contributed by atoms with Crippen molar-refractivity contribution in [2.24, 2.45) is 5.92 Å². The summed E-state index contributed by atoms with van der Waals surface area (Å²) < 4.78 is 5.67. The lowest BCUT2D eigenvalue weighted by Gasteiger charge is -2.48.